The van der Waals surface area contributed by atoms with E-state index in [1.165, 1.54) is 16.1 Å². The molecule has 7 heteroatoms. The quantitative estimate of drug-likeness (QED) is 0.696. The maximum Gasteiger partial charge on any atom is 0.260 e. The van der Waals surface area contributed by atoms with E-state index in [2.05, 4.69) is 12.1 Å². The summed E-state index contributed by atoms with van der Waals surface area (Å²) in [6, 6.07) is 17.9. The fourth-order valence-electron chi connectivity index (χ4n) is 3.59. The maximum atomic E-state index is 12.6. The van der Waals surface area contributed by atoms with Crippen molar-refractivity contribution in [2.75, 3.05) is 33.0 Å². The van der Waals surface area contributed by atoms with Crippen LogP contribution in [0.25, 0.3) is 0 Å². The second kappa shape index (κ2) is 9.41. The lowest BCUT2D eigenvalue weighted by Gasteiger charge is -2.35. The minimum atomic E-state index is -3.21. The van der Waals surface area contributed by atoms with E-state index in [1.54, 1.807) is 11.9 Å². The molecule has 0 radical (unpaired) electrons. The Bertz CT molecular complexity index is 923. The van der Waals surface area contributed by atoms with Crippen molar-refractivity contribution in [2.24, 2.45) is 0 Å². The largest absolute Gasteiger partial charge is 0.483 e. The third-order valence-electron chi connectivity index (χ3n) is 5.42. The Morgan fingerprint density at radius 3 is 2.34 bits per heavy atom. The van der Waals surface area contributed by atoms with E-state index in [1.807, 2.05) is 42.5 Å². The van der Waals surface area contributed by atoms with Crippen molar-refractivity contribution in [3.8, 4) is 5.75 Å². The van der Waals surface area contributed by atoms with Gasteiger partial charge in [0.05, 0.1) is 6.26 Å². The number of nitrogens with zero attached hydrogens (tertiary/aromatic N) is 2. The van der Waals surface area contributed by atoms with Crippen LogP contribution in [0, 0.1) is 0 Å². The molecule has 1 aliphatic heterocycles. The Morgan fingerprint density at radius 1 is 1.07 bits per heavy atom. The number of sulfonamides is 1. The van der Waals surface area contributed by atoms with Crippen molar-refractivity contribution in [3.63, 3.8) is 0 Å². The number of hydrogen-bond donors (Lipinski definition) is 0. The predicted octanol–water partition coefficient (Wildman–Crippen LogP) is 2.54. The van der Waals surface area contributed by atoms with Crippen molar-refractivity contribution < 1.29 is 17.9 Å². The Hall–Kier alpha value is -2.38. The molecule has 6 nitrogen and oxygen atoms in total. The molecule has 29 heavy (non-hydrogen) atoms. The highest BCUT2D eigenvalue weighted by molar-refractivity contribution is 7.88. The molecule has 0 aromatic heterocycles. The van der Waals surface area contributed by atoms with Crippen molar-refractivity contribution in [1.82, 2.24) is 9.21 Å². The molecule has 0 bridgehead atoms. The molecule has 0 atom stereocenters. The standard InChI is InChI=1S/C22H28N2O4S/c1-23(29(2,26)27)20-12-14-24(15-13-20)22(25)17-28-21-11-7-6-10-19(21)16-18-8-4-3-5-9-18/h3-11,20H,12-17H2,1-2H3. The minimum absolute atomic E-state index is 0.0155. The van der Waals surface area contributed by atoms with Crippen LogP contribution < -0.4 is 4.74 Å². The molecular formula is C22H28N2O4S. The number of hydrogen-bond acceptors (Lipinski definition) is 4. The van der Waals surface area contributed by atoms with Crippen LogP contribution in [0.4, 0.5) is 0 Å². The number of piperidine rings is 1. The number of rotatable bonds is 7. The summed E-state index contributed by atoms with van der Waals surface area (Å²) < 4.78 is 30.7. The molecule has 156 valence electrons. The van der Waals surface area contributed by atoms with Crippen LogP contribution in [0.3, 0.4) is 0 Å². The van der Waals surface area contributed by atoms with Gasteiger partial charge in [0.2, 0.25) is 10.0 Å². The molecule has 3 rings (SSSR count). The number of ether oxygens (including phenoxy) is 1. The predicted molar refractivity (Wildman–Crippen MR) is 113 cm³/mol. The lowest BCUT2D eigenvalue weighted by atomic mass is 10.0. The minimum Gasteiger partial charge on any atom is -0.483 e. The smallest absolute Gasteiger partial charge is 0.260 e. The first kappa shape index (κ1) is 21.3. The highest BCUT2D eigenvalue weighted by Gasteiger charge is 2.29. The van der Waals surface area contributed by atoms with Crippen LogP contribution in [0.2, 0.25) is 0 Å². The van der Waals surface area contributed by atoms with Crippen LogP contribution in [0.1, 0.15) is 24.0 Å². The van der Waals surface area contributed by atoms with Gasteiger partial charge in [0.25, 0.3) is 5.91 Å². The van der Waals surface area contributed by atoms with Gasteiger partial charge in [0.1, 0.15) is 5.75 Å². The van der Waals surface area contributed by atoms with Gasteiger partial charge in [-0.1, -0.05) is 48.5 Å². The van der Waals surface area contributed by atoms with Gasteiger partial charge in [-0.3, -0.25) is 4.79 Å². The molecular weight excluding hydrogens is 388 g/mol. The van der Waals surface area contributed by atoms with Gasteiger partial charge in [-0.25, -0.2) is 12.7 Å². The number of benzene rings is 2. The Morgan fingerprint density at radius 2 is 1.69 bits per heavy atom. The van der Waals surface area contributed by atoms with Gasteiger partial charge in [0.15, 0.2) is 6.61 Å². The van der Waals surface area contributed by atoms with E-state index in [-0.39, 0.29) is 18.6 Å². The molecule has 1 heterocycles. The zero-order valence-electron chi connectivity index (χ0n) is 17.0. The summed E-state index contributed by atoms with van der Waals surface area (Å²) in [5, 5.41) is 0. The number of para-hydroxylation sites is 1. The van der Waals surface area contributed by atoms with Gasteiger partial charge in [-0.05, 0) is 30.0 Å². The zero-order chi connectivity index (χ0) is 20.9. The third-order valence-corrected chi connectivity index (χ3v) is 6.76. The summed E-state index contributed by atoms with van der Waals surface area (Å²) in [5.41, 5.74) is 2.23. The van der Waals surface area contributed by atoms with E-state index in [0.717, 1.165) is 17.7 Å². The van der Waals surface area contributed by atoms with Crippen LogP contribution in [-0.2, 0) is 21.2 Å². The molecule has 1 amide bonds. The Kier molecular flexibility index (Phi) is 6.92. The first-order valence-corrected chi connectivity index (χ1v) is 11.6. The molecule has 2 aromatic rings. The lowest BCUT2D eigenvalue weighted by Crippen LogP contribution is -2.48. The van der Waals surface area contributed by atoms with Crippen molar-refractivity contribution in [1.29, 1.82) is 0 Å². The van der Waals surface area contributed by atoms with Gasteiger partial charge < -0.3 is 9.64 Å². The van der Waals surface area contributed by atoms with Crippen LogP contribution >= 0.6 is 0 Å². The lowest BCUT2D eigenvalue weighted by molar-refractivity contribution is -0.134. The summed E-state index contributed by atoms with van der Waals surface area (Å²) in [6.07, 6.45) is 3.24. The van der Waals surface area contributed by atoms with E-state index in [0.29, 0.717) is 25.9 Å². The van der Waals surface area contributed by atoms with Gasteiger partial charge in [-0.2, -0.15) is 0 Å². The van der Waals surface area contributed by atoms with E-state index >= 15 is 0 Å². The second-order valence-corrected chi connectivity index (χ2v) is 9.49. The van der Waals surface area contributed by atoms with E-state index in [9.17, 15) is 13.2 Å². The molecule has 0 aliphatic carbocycles. The average molecular weight is 417 g/mol. The fraction of sp³-hybridized carbons (Fsp3) is 0.409. The highest BCUT2D eigenvalue weighted by Crippen LogP contribution is 2.22. The molecule has 0 saturated carbocycles. The normalized spacial score (nSPS) is 15.5. The molecule has 0 spiro atoms. The summed E-state index contributed by atoms with van der Waals surface area (Å²) in [5.74, 6) is 0.649. The van der Waals surface area contributed by atoms with E-state index in [4.69, 9.17) is 4.74 Å². The Labute approximate surface area is 173 Å². The number of amides is 1. The number of carbonyl (C=O) groups excluding carboxylic acids is 1. The van der Waals surface area contributed by atoms with Crippen LogP contribution in [-0.4, -0.2) is 62.6 Å². The van der Waals surface area contributed by atoms with E-state index < -0.39 is 10.0 Å². The van der Waals surface area contributed by atoms with Gasteiger partial charge in [-0.15, -0.1) is 0 Å². The monoisotopic (exact) mass is 416 g/mol. The maximum absolute atomic E-state index is 12.6. The van der Waals surface area contributed by atoms with Crippen LogP contribution in [0.5, 0.6) is 5.75 Å². The topological polar surface area (TPSA) is 66.9 Å². The van der Waals surface area contributed by atoms with Crippen molar-refractivity contribution >= 4 is 15.9 Å². The summed E-state index contributed by atoms with van der Waals surface area (Å²) >= 11 is 0. The third kappa shape index (κ3) is 5.81. The molecule has 2 aromatic carbocycles. The summed E-state index contributed by atoms with van der Waals surface area (Å²) in [4.78, 5) is 14.3. The highest BCUT2D eigenvalue weighted by atomic mass is 32.2. The molecule has 1 aliphatic rings. The van der Waals surface area contributed by atoms with Gasteiger partial charge >= 0.3 is 0 Å². The zero-order valence-corrected chi connectivity index (χ0v) is 17.8. The van der Waals surface area contributed by atoms with Crippen molar-refractivity contribution in [2.45, 2.75) is 25.3 Å². The fourth-order valence-corrected chi connectivity index (χ4v) is 4.34. The molecule has 0 unspecified atom stereocenters. The Balaban J connectivity index is 1.54. The van der Waals surface area contributed by atoms with Crippen LogP contribution in [0.15, 0.2) is 54.6 Å². The summed E-state index contributed by atoms with van der Waals surface area (Å²) in [6.45, 7) is 1.06. The summed E-state index contributed by atoms with van der Waals surface area (Å²) in [7, 11) is -1.61. The average Bonchev–Trinajstić information content (AvgIpc) is 2.72. The molecule has 1 saturated heterocycles. The molecule has 1 fully saturated rings. The second-order valence-electron chi connectivity index (χ2n) is 7.45. The first-order valence-electron chi connectivity index (χ1n) is 9.80. The SMILES string of the molecule is CN(C1CCN(C(=O)COc2ccccc2Cc2ccccc2)CC1)S(C)(=O)=O. The first-order chi connectivity index (χ1) is 13.8. The number of likely N-dealkylation sites (tertiary alicyclic amines) is 1. The van der Waals surface area contributed by atoms with Gasteiger partial charge in [0, 0.05) is 32.6 Å². The molecule has 0 N–H and O–H groups in total. The van der Waals surface area contributed by atoms with Crippen molar-refractivity contribution in [3.05, 3.63) is 65.7 Å². The number of carbonyl (C=O) groups is 1.